The summed E-state index contributed by atoms with van der Waals surface area (Å²) in [7, 11) is 0. The number of carbonyl (C=O) groups excluding carboxylic acids is 1. The molecule has 0 aliphatic rings. The number of rotatable bonds is 4. The van der Waals surface area contributed by atoms with Crippen LogP contribution < -0.4 is 5.32 Å². The second kappa shape index (κ2) is 7.95. The maximum atomic E-state index is 12.5. The Labute approximate surface area is 164 Å². The van der Waals surface area contributed by atoms with Crippen LogP contribution in [0.4, 0.5) is 0 Å². The first kappa shape index (κ1) is 18.5. The predicted octanol–water partition coefficient (Wildman–Crippen LogP) is 4.38. The van der Waals surface area contributed by atoms with Crippen LogP contribution in [-0.2, 0) is 0 Å². The number of nitrogens with zero attached hydrogens (tertiary/aromatic N) is 4. The number of hydrogen-bond donors (Lipinski definition) is 1. The molecule has 1 N–H and O–H groups in total. The van der Waals surface area contributed by atoms with Crippen molar-refractivity contribution in [2.45, 2.75) is 13.0 Å². The molecule has 0 saturated carbocycles. The quantitative estimate of drug-likeness (QED) is 0.692. The van der Waals surface area contributed by atoms with Gasteiger partial charge in [-0.25, -0.2) is 9.97 Å². The third-order valence-corrected chi connectivity index (χ3v) is 4.10. The summed E-state index contributed by atoms with van der Waals surface area (Å²) in [4.78, 5) is 29.3. The molecule has 2 aromatic heterocycles. The van der Waals surface area contributed by atoms with E-state index in [1.54, 1.807) is 25.4 Å². The molecule has 0 bridgehead atoms. The first-order valence-electron chi connectivity index (χ1n) is 7.50. The van der Waals surface area contributed by atoms with E-state index in [0.717, 1.165) is 0 Å². The van der Waals surface area contributed by atoms with E-state index in [4.69, 9.17) is 34.8 Å². The Bertz CT molecular complexity index is 929. The molecular weight excluding hydrogens is 397 g/mol. The van der Waals surface area contributed by atoms with Gasteiger partial charge in [0.15, 0.2) is 0 Å². The molecule has 0 spiro atoms. The predicted molar refractivity (Wildman–Crippen MR) is 100 cm³/mol. The van der Waals surface area contributed by atoms with Gasteiger partial charge < -0.3 is 5.32 Å². The van der Waals surface area contributed by atoms with Gasteiger partial charge in [0.25, 0.3) is 5.91 Å². The SMILES string of the molecule is CC(NC(=O)c1cc(Cl)cc(Cl)c1)c1nccnc1-c1cnc(Cl)cn1. The van der Waals surface area contributed by atoms with E-state index in [0.29, 0.717) is 32.7 Å². The Morgan fingerprint density at radius 3 is 2.31 bits per heavy atom. The molecule has 2 heterocycles. The molecule has 1 unspecified atom stereocenters. The maximum Gasteiger partial charge on any atom is 0.251 e. The Morgan fingerprint density at radius 2 is 1.65 bits per heavy atom. The molecule has 0 radical (unpaired) electrons. The summed E-state index contributed by atoms with van der Waals surface area (Å²) in [6.45, 7) is 1.79. The third kappa shape index (κ3) is 4.27. The van der Waals surface area contributed by atoms with Crippen LogP contribution in [0.15, 0.2) is 43.0 Å². The van der Waals surface area contributed by atoms with Gasteiger partial charge in [-0.3, -0.25) is 14.8 Å². The van der Waals surface area contributed by atoms with Crippen molar-refractivity contribution in [3.63, 3.8) is 0 Å². The van der Waals surface area contributed by atoms with Crippen LogP contribution in [0.25, 0.3) is 11.4 Å². The van der Waals surface area contributed by atoms with Crippen LogP contribution in [0, 0.1) is 0 Å². The summed E-state index contributed by atoms with van der Waals surface area (Å²) in [5.41, 5.74) is 1.91. The number of amides is 1. The second-order valence-electron chi connectivity index (χ2n) is 5.37. The van der Waals surface area contributed by atoms with Crippen LogP contribution in [0.5, 0.6) is 0 Å². The monoisotopic (exact) mass is 407 g/mol. The van der Waals surface area contributed by atoms with Gasteiger partial charge in [-0.2, -0.15) is 0 Å². The van der Waals surface area contributed by atoms with Crippen LogP contribution in [0.3, 0.4) is 0 Å². The number of aromatic nitrogens is 4. The molecule has 3 aromatic rings. The summed E-state index contributed by atoms with van der Waals surface area (Å²) >= 11 is 17.7. The molecule has 0 saturated heterocycles. The molecule has 3 rings (SSSR count). The normalized spacial score (nSPS) is 11.8. The van der Waals surface area contributed by atoms with E-state index in [1.807, 2.05) is 0 Å². The van der Waals surface area contributed by atoms with Crippen molar-refractivity contribution in [2.75, 3.05) is 0 Å². The number of halogens is 3. The number of nitrogens with one attached hydrogen (secondary N) is 1. The number of hydrogen-bond acceptors (Lipinski definition) is 5. The molecule has 1 atom stereocenters. The Kier molecular flexibility index (Phi) is 5.66. The fraction of sp³-hybridized carbons (Fsp3) is 0.118. The zero-order valence-corrected chi connectivity index (χ0v) is 15.7. The molecular formula is C17H12Cl3N5O. The first-order chi connectivity index (χ1) is 12.4. The highest BCUT2D eigenvalue weighted by Crippen LogP contribution is 2.24. The Morgan fingerprint density at radius 1 is 0.962 bits per heavy atom. The highest BCUT2D eigenvalue weighted by molar-refractivity contribution is 6.35. The Balaban J connectivity index is 1.87. The first-order valence-corrected chi connectivity index (χ1v) is 8.63. The van der Waals surface area contributed by atoms with E-state index < -0.39 is 6.04 Å². The van der Waals surface area contributed by atoms with E-state index in [9.17, 15) is 4.79 Å². The molecule has 0 fully saturated rings. The lowest BCUT2D eigenvalue weighted by Gasteiger charge is -2.16. The summed E-state index contributed by atoms with van der Waals surface area (Å²) in [5, 5.41) is 3.89. The van der Waals surface area contributed by atoms with Gasteiger partial charge in [-0.15, -0.1) is 0 Å². The highest BCUT2D eigenvalue weighted by atomic mass is 35.5. The van der Waals surface area contributed by atoms with Gasteiger partial charge in [-0.1, -0.05) is 34.8 Å². The fourth-order valence-electron chi connectivity index (χ4n) is 2.33. The number of benzene rings is 1. The third-order valence-electron chi connectivity index (χ3n) is 3.47. The minimum atomic E-state index is -0.443. The van der Waals surface area contributed by atoms with Crippen LogP contribution in [0.2, 0.25) is 15.2 Å². The maximum absolute atomic E-state index is 12.5. The molecule has 6 nitrogen and oxygen atoms in total. The van der Waals surface area contributed by atoms with Gasteiger partial charge in [0.2, 0.25) is 0 Å². The van der Waals surface area contributed by atoms with Crippen LogP contribution in [0.1, 0.15) is 29.0 Å². The van der Waals surface area contributed by atoms with Crippen molar-refractivity contribution >= 4 is 40.7 Å². The lowest BCUT2D eigenvalue weighted by molar-refractivity contribution is 0.0939. The lowest BCUT2D eigenvalue weighted by Crippen LogP contribution is -2.28. The average Bonchev–Trinajstić information content (AvgIpc) is 2.61. The van der Waals surface area contributed by atoms with Crippen molar-refractivity contribution in [1.29, 1.82) is 0 Å². The zero-order valence-electron chi connectivity index (χ0n) is 13.4. The van der Waals surface area contributed by atoms with Gasteiger partial charge >= 0.3 is 0 Å². The van der Waals surface area contributed by atoms with E-state index in [-0.39, 0.29) is 11.1 Å². The summed E-state index contributed by atoms with van der Waals surface area (Å²) in [5.74, 6) is -0.333. The van der Waals surface area contributed by atoms with E-state index in [2.05, 4.69) is 25.3 Å². The van der Waals surface area contributed by atoms with E-state index in [1.165, 1.54) is 24.5 Å². The topological polar surface area (TPSA) is 80.7 Å². The average molecular weight is 409 g/mol. The van der Waals surface area contributed by atoms with Crippen molar-refractivity contribution in [1.82, 2.24) is 25.3 Å². The van der Waals surface area contributed by atoms with Crippen LogP contribution in [-0.4, -0.2) is 25.8 Å². The molecule has 1 amide bonds. The minimum Gasteiger partial charge on any atom is -0.344 e. The van der Waals surface area contributed by atoms with Crippen molar-refractivity contribution in [3.8, 4) is 11.4 Å². The minimum absolute atomic E-state index is 0.276. The van der Waals surface area contributed by atoms with Gasteiger partial charge in [0.1, 0.15) is 16.5 Å². The summed E-state index contributed by atoms with van der Waals surface area (Å²) in [6, 6.07) is 4.19. The Hall–Kier alpha value is -2.28. The standard InChI is InChI=1S/C17H12Cl3N5O/c1-9(25-17(26)10-4-11(18)6-12(19)5-10)15-16(22-3-2-21-15)13-7-24-14(20)8-23-13/h2-9H,1H3,(H,25,26). The van der Waals surface area contributed by atoms with Gasteiger partial charge in [-0.05, 0) is 25.1 Å². The van der Waals surface area contributed by atoms with Crippen molar-refractivity contribution in [3.05, 3.63) is 69.4 Å². The lowest BCUT2D eigenvalue weighted by atomic mass is 10.1. The van der Waals surface area contributed by atoms with Gasteiger partial charge in [0, 0.05) is 28.0 Å². The second-order valence-corrected chi connectivity index (χ2v) is 6.63. The van der Waals surface area contributed by atoms with Crippen LogP contribution >= 0.6 is 34.8 Å². The molecule has 9 heteroatoms. The largest absolute Gasteiger partial charge is 0.344 e. The van der Waals surface area contributed by atoms with Crippen molar-refractivity contribution < 1.29 is 4.79 Å². The molecule has 0 aliphatic heterocycles. The summed E-state index contributed by atoms with van der Waals surface area (Å²) in [6.07, 6.45) is 6.01. The molecule has 0 aliphatic carbocycles. The molecule has 26 heavy (non-hydrogen) atoms. The summed E-state index contributed by atoms with van der Waals surface area (Å²) < 4.78 is 0. The fourth-order valence-corrected chi connectivity index (χ4v) is 2.95. The van der Waals surface area contributed by atoms with E-state index >= 15 is 0 Å². The number of carbonyl (C=O) groups is 1. The molecule has 1 aromatic carbocycles. The molecule has 132 valence electrons. The smallest absolute Gasteiger partial charge is 0.251 e. The van der Waals surface area contributed by atoms with Crippen molar-refractivity contribution in [2.24, 2.45) is 0 Å². The highest BCUT2D eigenvalue weighted by Gasteiger charge is 2.19. The van der Waals surface area contributed by atoms with Gasteiger partial charge in [0.05, 0.1) is 24.1 Å². The zero-order chi connectivity index (χ0) is 18.7.